The first kappa shape index (κ1) is 19.8. The maximum Gasteiger partial charge on any atom is 1.00 e. The Balaban J connectivity index is 0. The first-order chi connectivity index (χ1) is 7.92. The van der Waals surface area contributed by atoms with Crippen molar-refractivity contribution in [3.05, 3.63) is 30.7 Å². The van der Waals surface area contributed by atoms with E-state index < -0.39 is 0 Å². The average Bonchev–Trinajstić information content (AvgIpc) is 2.27. The summed E-state index contributed by atoms with van der Waals surface area (Å²) in [4.78, 5) is 11.1. The predicted octanol–water partition coefficient (Wildman–Crippen LogP) is 0.200. The molecule has 0 aliphatic heterocycles. The van der Waals surface area contributed by atoms with Gasteiger partial charge in [0.05, 0.1) is 19.8 Å². The summed E-state index contributed by atoms with van der Waals surface area (Å²) in [6.45, 7) is 7.75. The van der Waals surface area contributed by atoms with Crippen LogP contribution in [0.25, 0.3) is 0 Å². The van der Waals surface area contributed by atoms with E-state index in [4.69, 9.17) is 9.47 Å². The molecule has 0 spiro atoms. The molecule has 3 nitrogen and oxygen atoms in total. The van der Waals surface area contributed by atoms with Crippen molar-refractivity contribution in [1.29, 1.82) is 0 Å². The summed E-state index contributed by atoms with van der Waals surface area (Å²) in [6.07, 6.45) is 0. The fourth-order valence-electron chi connectivity index (χ4n) is 1.00. The third kappa shape index (κ3) is 7.77. The molecule has 0 aromatic heterocycles. The van der Waals surface area contributed by atoms with Crippen molar-refractivity contribution in [1.82, 2.24) is 0 Å². The Bertz CT molecular complexity index is 364. The van der Waals surface area contributed by atoms with Crippen LogP contribution < -0.4 is 28.3 Å². The van der Waals surface area contributed by atoms with Gasteiger partial charge in [-0.1, -0.05) is 23.1 Å². The molecule has 1 atom stereocenters. The van der Waals surface area contributed by atoms with Crippen LogP contribution in [0, 0.1) is 12.8 Å². The van der Waals surface area contributed by atoms with E-state index in [0.29, 0.717) is 23.0 Å². The van der Waals surface area contributed by atoms with E-state index in [9.17, 15) is 4.79 Å². The van der Waals surface area contributed by atoms with Crippen molar-refractivity contribution >= 4 is 14.8 Å². The maximum atomic E-state index is 11.1. The molecule has 0 aliphatic rings. The Labute approximate surface area is 124 Å². The standard InChI is InChI=1S/C9H11O3P.C4H9.Li/c1-11-6-3-4-7(9(10)13)8(5-6)12-2;1-4(2)3;/h3-5H,13H2,1-2H3;4H,1H2,2-3H3;/q;-1;+1. The minimum Gasteiger partial charge on any atom is -0.497 e. The molecular formula is C13H20LiO3P. The van der Waals surface area contributed by atoms with Crippen molar-refractivity contribution < 1.29 is 33.1 Å². The second-order valence-corrected chi connectivity index (χ2v) is 4.35. The first-order valence-electron chi connectivity index (χ1n) is 5.27. The summed E-state index contributed by atoms with van der Waals surface area (Å²) in [5.41, 5.74) is 0.438. The molecule has 0 N–H and O–H groups in total. The third-order valence-electron chi connectivity index (χ3n) is 1.67. The molecule has 1 aromatic carbocycles. The topological polar surface area (TPSA) is 35.5 Å². The van der Waals surface area contributed by atoms with Gasteiger partial charge >= 0.3 is 18.9 Å². The number of ether oxygens (including phenoxy) is 2. The number of benzene rings is 1. The molecule has 0 fully saturated rings. The maximum absolute atomic E-state index is 11.1. The zero-order valence-corrected chi connectivity index (χ0v) is 13.0. The molecule has 1 rings (SSSR count). The second kappa shape index (κ2) is 10.4. The molecule has 5 heteroatoms. The largest absolute Gasteiger partial charge is 1.00 e. The van der Waals surface area contributed by atoms with Crippen molar-refractivity contribution in [3.8, 4) is 11.5 Å². The summed E-state index contributed by atoms with van der Waals surface area (Å²) in [6, 6.07) is 5.07. The quantitative estimate of drug-likeness (QED) is 0.443. The van der Waals surface area contributed by atoms with Gasteiger partial charge in [0.1, 0.15) is 11.5 Å². The Morgan fingerprint density at radius 3 is 2.11 bits per heavy atom. The summed E-state index contributed by atoms with van der Waals surface area (Å²) in [5, 5.41) is 0. The van der Waals surface area contributed by atoms with Crippen LogP contribution in [-0.4, -0.2) is 19.7 Å². The summed E-state index contributed by atoms with van der Waals surface area (Å²) >= 11 is 0. The molecule has 1 unspecified atom stereocenters. The number of rotatable bonds is 3. The minimum absolute atomic E-state index is 0. The van der Waals surface area contributed by atoms with Crippen LogP contribution in [0.3, 0.4) is 0 Å². The van der Waals surface area contributed by atoms with Crippen LogP contribution >= 0.6 is 9.24 Å². The van der Waals surface area contributed by atoms with Crippen LogP contribution in [-0.2, 0) is 0 Å². The zero-order chi connectivity index (χ0) is 13.4. The van der Waals surface area contributed by atoms with Crippen molar-refractivity contribution in [2.45, 2.75) is 13.8 Å². The molecule has 18 heavy (non-hydrogen) atoms. The molecular weight excluding hydrogens is 242 g/mol. The van der Waals surface area contributed by atoms with Gasteiger partial charge in [-0.25, -0.2) is 0 Å². The van der Waals surface area contributed by atoms with Crippen molar-refractivity contribution in [2.24, 2.45) is 5.92 Å². The first-order valence-corrected chi connectivity index (χ1v) is 5.85. The molecule has 0 heterocycles. The van der Waals surface area contributed by atoms with Crippen molar-refractivity contribution in [2.75, 3.05) is 14.2 Å². The van der Waals surface area contributed by atoms with Crippen molar-refractivity contribution in [3.63, 3.8) is 0 Å². The van der Waals surface area contributed by atoms with Gasteiger partial charge in [-0.15, -0.1) is 0 Å². The summed E-state index contributed by atoms with van der Waals surface area (Å²) in [5.74, 6) is 1.78. The second-order valence-electron chi connectivity index (χ2n) is 3.82. The van der Waals surface area contributed by atoms with Gasteiger partial charge < -0.3 is 16.4 Å². The van der Waals surface area contributed by atoms with Gasteiger partial charge in [0.2, 0.25) is 0 Å². The summed E-state index contributed by atoms with van der Waals surface area (Å²) in [7, 11) is 5.19. The molecule has 1 aromatic rings. The fourth-order valence-corrected chi connectivity index (χ4v) is 1.24. The monoisotopic (exact) mass is 262 g/mol. The number of hydrogen-bond donors (Lipinski definition) is 0. The molecule has 0 amide bonds. The van der Waals surface area contributed by atoms with Gasteiger partial charge in [-0.3, -0.25) is 4.79 Å². The van der Waals surface area contributed by atoms with Gasteiger partial charge in [-0.05, 0) is 12.1 Å². The van der Waals surface area contributed by atoms with Crippen LogP contribution in [0.4, 0.5) is 0 Å². The van der Waals surface area contributed by atoms with Crippen LogP contribution in [0.1, 0.15) is 24.2 Å². The molecule has 96 valence electrons. The van der Waals surface area contributed by atoms with Crippen LogP contribution in [0.15, 0.2) is 18.2 Å². The number of carbonyl (C=O) groups excluding carboxylic acids is 1. The van der Waals surface area contributed by atoms with E-state index in [1.807, 2.05) is 0 Å². The molecule has 0 bridgehead atoms. The molecule has 0 saturated carbocycles. The summed E-state index contributed by atoms with van der Waals surface area (Å²) < 4.78 is 10.0. The SMILES string of the molecule is COc1ccc(C(=O)P)c(OC)c1.[CH2-]C(C)C.[Li+]. The van der Waals surface area contributed by atoms with E-state index >= 15 is 0 Å². The zero-order valence-electron chi connectivity index (χ0n) is 11.8. The van der Waals surface area contributed by atoms with E-state index in [2.05, 4.69) is 30.0 Å². The molecule has 0 radical (unpaired) electrons. The third-order valence-corrected chi connectivity index (χ3v) is 1.99. The van der Waals surface area contributed by atoms with Gasteiger partial charge in [0.25, 0.3) is 0 Å². The minimum atomic E-state index is -0.0977. The van der Waals surface area contributed by atoms with Gasteiger partial charge in [-0.2, -0.15) is 5.92 Å². The van der Waals surface area contributed by atoms with Gasteiger partial charge in [0.15, 0.2) is 5.52 Å². The smallest absolute Gasteiger partial charge is 0.497 e. The number of methoxy groups -OCH3 is 2. The van der Waals surface area contributed by atoms with Crippen LogP contribution in [0.5, 0.6) is 11.5 Å². The van der Waals surface area contributed by atoms with E-state index in [1.165, 1.54) is 7.11 Å². The number of hydrogen-bond acceptors (Lipinski definition) is 3. The Hall–Kier alpha value is -0.483. The van der Waals surface area contributed by atoms with Crippen LogP contribution in [0.2, 0.25) is 0 Å². The molecule has 0 saturated heterocycles. The average molecular weight is 262 g/mol. The van der Waals surface area contributed by atoms with E-state index in [1.54, 1.807) is 25.3 Å². The normalized spacial score (nSPS) is 8.83. The fraction of sp³-hybridized carbons (Fsp3) is 0.385. The predicted molar refractivity (Wildman–Crippen MR) is 73.8 cm³/mol. The molecule has 0 aliphatic carbocycles. The Morgan fingerprint density at radius 2 is 1.78 bits per heavy atom. The van der Waals surface area contributed by atoms with Gasteiger partial charge in [0, 0.05) is 6.07 Å². The van der Waals surface area contributed by atoms with E-state index in [-0.39, 0.29) is 24.4 Å². The van der Waals surface area contributed by atoms with E-state index in [0.717, 1.165) is 0 Å². The number of carbonyl (C=O) groups is 1. The Kier molecular flexibility index (Phi) is 11.5. The Morgan fingerprint density at radius 1 is 1.28 bits per heavy atom.